The van der Waals surface area contributed by atoms with Crippen molar-refractivity contribution in [1.82, 2.24) is 9.21 Å². The standard InChI is InChI=1S/C22H29BrN2O5S2/c1-16-14-20(17(2)31-16)32(28,29)24(3)12-13-30-15-21(26)25-10-8-22(27,9-11-25)18-4-6-19(23)7-5-18/h4-7,14,27H,8-13,15H2,1-3H3. The van der Waals surface area contributed by atoms with Gasteiger partial charge in [0, 0.05) is 40.9 Å². The van der Waals surface area contributed by atoms with E-state index in [1.54, 1.807) is 17.9 Å². The zero-order valence-corrected chi connectivity index (χ0v) is 21.7. The van der Waals surface area contributed by atoms with Crippen LogP contribution in [0.5, 0.6) is 0 Å². The maximum absolute atomic E-state index is 12.7. The maximum Gasteiger partial charge on any atom is 0.248 e. The summed E-state index contributed by atoms with van der Waals surface area (Å²) >= 11 is 4.85. The molecule has 10 heteroatoms. The lowest BCUT2D eigenvalue weighted by molar-refractivity contribution is -0.140. The van der Waals surface area contributed by atoms with Crippen LogP contribution >= 0.6 is 27.3 Å². The van der Waals surface area contributed by atoms with Crippen LogP contribution in [0.25, 0.3) is 0 Å². The van der Waals surface area contributed by atoms with Crippen molar-refractivity contribution < 1.29 is 23.1 Å². The number of hydrogen-bond acceptors (Lipinski definition) is 6. The molecule has 1 amide bonds. The second kappa shape index (κ2) is 10.3. The lowest BCUT2D eigenvalue weighted by atomic mass is 9.84. The van der Waals surface area contributed by atoms with E-state index in [0.29, 0.717) is 30.8 Å². The van der Waals surface area contributed by atoms with Gasteiger partial charge >= 0.3 is 0 Å². The minimum absolute atomic E-state index is 0.110. The summed E-state index contributed by atoms with van der Waals surface area (Å²) < 4.78 is 33.1. The van der Waals surface area contributed by atoms with Crippen LogP contribution < -0.4 is 0 Å². The SMILES string of the molecule is Cc1cc(S(=O)(=O)N(C)CCOCC(=O)N2CCC(O)(c3ccc(Br)cc3)CC2)c(C)s1. The van der Waals surface area contributed by atoms with Gasteiger partial charge in [-0.15, -0.1) is 11.3 Å². The van der Waals surface area contributed by atoms with E-state index >= 15 is 0 Å². The number of sulfonamides is 1. The monoisotopic (exact) mass is 544 g/mol. The Morgan fingerprint density at radius 3 is 2.44 bits per heavy atom. The van der Waals surface area contributed by atoms with E-state index in [-0.39, 0.29) is 25.7 Å². The molecule has 3 rings (SSSR count). The third-order valence-electron chi connectivity index (χ3n) is 5.78. The summed E-state index contributed by atoms with van der Waals surface area (Å²) in [5.74, 6) is -0.155. The van der Waals surface area contributed by atoms with Gasteiger partial charge in [0.25, 0.3) is 0 Å². The molecule has 0 spiro atoms. The number of benzene rings is 1. The number of likely N-dealkylation sites (N-methyl/N-ethyl adjacent to an activating group) is 1. The van der Waals surface area contributed by atoms with E-state index in [4.69, 9.17) is 4.74 Å². The molecule has 1 fully saturated rings. The molecule has 7 nitrogen and oxygen atoms in total. The Bertz CT molecular complexity index is 1040. The number of carbonyl (C=O) groups excluding carboxylic acids is 1. The number of rotatable bonds is 8. The Morgan fingerprint density at radius 1 is 1.25 bits per heavy atom. The number of nitrogens with zero attached hydrogens (tertiary/aromatic N) is 2. The van der Waals surface area contributed by atoms with Crippen molar-refractivity contribution in [3.05, 3.63) is 50.1 Å². The second-order valence-electron chi connectivity index (χ2n) is 8.08. The van der Waals surface area contributed by atoms with E-state index in [2.05, 4.69) is 15.9 Å². The fourth-order valence-electron chi connectivity index (χ4n) is 3.77. The van der Waals surface area contributed by atoms with Gasteiger partial charge in [0.1, 0.15) is 6.61 Å². The summed E-state index contributed by atoms with van der Waals surface area (Å²) in [7, 11) is -2.06. The summed E-state index contributed by atoms with van der Waals surface area (Å²) in [4.78, 5) is 16.2. The van der Waals surface area contributed by atoms with Crippen molar-refractivity contribution >= 4 is 43.2 Å². The molecule has 1 aliphatic rings. The Hall–Kier alpha value is -1.30. The number of aryl methyl sites for hydroxylation is 2. The number of likely N-dealkylation sites (tertiary alicyclic amines) is 1. The Kier molecular flexibility index (Phi) is 8.16. The lowest BCUT2D eigenvalue weighted by Crippen LogP contribution is -2.46. The third kappa shape index (κ3) is 5.78. The molecule has 1 aliphatic heterocycles. The lowest BCUT2D eigenvalue weighted by Gasteiger charge is -2.38. The highest BCUT2D eigenvalue weighted by atomic mass is 79.9. The van der Waals surface area contributed by atoms with Crippen LogP contribution in [0.4, 0.5) is 0 Å². The number of thiophene rings is 1. The molecule has 0 bridgehead atoms. The zero-order chi connectivity index (χ0) is 23.5. The summed E-state index contributed by atoms with van der Waals surface area (Å²) in [6, 6.07) is 9.28. The van der Waals surface area contributed by atoms with Gasteiger partial charge < -0.3 is 14.7 Å². The molecule has 2 aromatic rings. The van der Waals surface area contributed by atoms with Gasteiger partial charge in [-0.1, -0.05) is 28.1 Å². The van der Waals surface area contributed by atoms with Crippen LogP contribution in [-0.4, -0.2) is 68.5 Å². The van der Waals surface area contributed by atoms with Crippen molar-refractivity contribution in [3.8, 4) is 0 Å². The summed E-state index contributed by atoms with van der Waals surface area (Å²) in [5.41, 5.74) is -0.0857. The quantitative estimate of drug-likeness (QED) is 0.515. The van der Waals surface area contributed by atoms with E-state index in [0.717, 1.165) is 19.8 Å². The summed E-state index contributed by atoms with van der Waals surface area (Å²) in [6.07, 6.45) is 0.918. The molecule has 2 heterocycles. The molecular weight excluding hydrogens is 516 g/mol. The molecule has 1 saturated heterocycles. The van der Waals surface area contributed by atoms with Gasteiger partial charge in [0.05, 0.1) is 17.1 Å². The molecule has 0 unspecified atom stereocenters. The molecule has 1 aromatic carbocycles. The normalized spacial score (nSPS) is 16.5. The Balaban J connectivity index is 1.44. The number of amides is 1. The van der Waals surface area contributed by atoms with Gasteiger partial charge in [-0.3, -0.25) is 4.79 Å². The van der Waals surface area contributed by atoms with Gasteiger partial charge in [-0.05, 0) is 50.5 Å². The van der Waals surface area contributed by atoms with Crippen LogP contribution in [0.1, 0.15) is 28.2 Å². The van der Waals surface area contributed by atoms with Crippen LogP contribution in [-0.2, 0) is 25.2 Å². The molecule has 1 aromatic heterocycles. The number of ether oxygens (including phenoxy) is 1. The highest BCUT2D eigenvalue weighted by Gasteiger charge is 2.35. The largest absolute Gasteiger partial charge is 0.385 e. The molecule has 0 radical (unpaired) electrons. The van der Waals surface area contributed by atoms with Crippen molar-refractivity contribution in [1.29, 1.82) is 0 Å². The average Bonchev–Trinajstić information content (AvgIpc) is 3.10. The Labute approximate surface area is 202 Å². The fraction of sp³-hybridized carbons (Fsp3) is 0.500. The van der Waals surface area contributed by atoms with Crippen molar-refractivity contribution in [2.45, 2.75) is 37.2 Å². The minimum atomic E-state index is -3.57. The van der Waals surface area contributed by atoms with Gasteiger partial charge in [0.2, 0.25) is 15.9 Å². The molecule has 32 heavy (non-hydrogen) atoms. The van der Waals surface area contributed by atoms with Crippen molar-refractivity contribution in [2.24, 2.45) is 0 Å². The minimum Gasteiger partial charge on any atom is -0.385 e. The van der Waals surface area contributed by atoms with Crippen molar-refractivity contribution in [3.63, 3.8) is 0 Å². The number of hydrogen-bond donors (Lipinski definition) is 1. The Morgan fingerprint density at radius 2 is 1.88 bits per heavy atom. The van der Waals surface area contributed by atoms with Crippen LogP contribution in [0, 0.1) is 13.8 Å². The van der Waals surface area contributed by atoms with Crippen LogP contribution in [0.3, 0.4) is 0 Å². The molecule has 1 N–H and O–H groups in total. The maximum atomic E-state index is 12.7. The van der Waals surface area contributed by atoms with Crippen LogP contribution in [0.15, 0.2) is 39.7 Å². The third-order valence-corrected chi connectivity index (χ3v) is 9.39. The number of aliphatic hydroxyl groups is 1. The predicted molar refractivity (Wildman–Crippen MR) is 128 cm³/mol. The fourth-order valence-corrected chi connectivity index (χ4v) is 6.71. The van der Waals surface area contributed by atoms with Gasteiger partial charge in [0.15, 0.2) is 0 Å². The average molecular weight is 546 g/mol. The zero-order valence-electron chi connectivity index (χ0n) is 18.5. The highest BCUT2D eigenvalue weighted by Crippen LogP contribution is 2.33. The first-order chi connectivity index (χ1) is 15.0. The van der Waals surface area contributed by atoms with E-state index in [1.807, 2.05) is 31.2 Å². The van der Waals surface area contributed by atoms with E-state index < -0.39 is 15.6 Å². The first kappa shape index (κ1) is 25.3. The number of carbonyl (C=O) groups is 1. The van der Waals surface area contributed by atoms with E-state index in [9.17, 15) is 18.3 Å². The van der Waals surface area contributed by atoms with Crippen LogP contribution in [0.2, 0.25) is 0 Å². The summed E-state index contributed by atoms with van der Waals surface area (Å²) in [5, 5.41) is 11.0. The topological polar surface area (TPSA) is 87.2 Å². The summed E-state index contributed by atoms with van der Waals surface area (Å²) in [6.45, 7) is 4.74. The first-order valence-corrected chi connectivity index (χ1v) is 13.5. The van der Waals surface area contributed by atoms with E-state index in [1.165, 1.54) is 22.7 Å². The smallest absolute Gasteiger partial charge is 0.248 e. The molecular formula is C22H29BrN2O5S2. The number of piperidine rings is 1. The molecule has 0 saturated carbocycles. The molecule has 0 atom stereocenters. The van der Waals surface area contributed by atoms with Gasteiger partial charge in [-0.25, -0.2) is 8.42 Å². The van der Waals surface area contributed by atoms with Crippen molar-refractivity contribution in [2.75, 3.05) is 39.9 Å². The highest BCUT2D eigenvalue weighted by molar-refractivity contribution is 9.10. The second-order valence-corrected chi connectivity index (χ2v) is 12.5. The first-order valence-electron chi connectivity index (χ1n) is 10.4. The predicted octanol–water partition coefficient (Wildman–Crippen LogP) is 3.27. The number of halogens is 1. The van der Waals surface area contributed by atoms with Gasteiger partial charge in [-0.2, -0.15) is 4.31 Å². The molecule has 176 valence electrons. The molecule has 0 aliphatic carbocycles.